The Morgan fingerprint density at radius 1 is 1.18 bits per heavy atom. The molecule has 0 fully saturated rings. The van der Waals surface area contributed by atoms with Crippen LogP contribution >= 0.6 is 11.8 Å². The molecular formula is C16H18FNO3S. The Hall–Kier alpha value is -1.95. The molecule has 0 unspecified atom stereocenters. The Bertz CT molecular complexity index is 703. The van der Waals surface area contributed by atoms with Gasteiger partial charge in [0, 0.05) is 17.5 Å². The Morgan fingerprint density at radius 3 is 2.45 bits per heavy atom. The van der Waals surface area contributed by atoms with Crippen molar-refractivity contribution in [3.8, 4) is 17.2 Å². The average Bonchev–Trinajstić information content (AvgIpc) is 2.57. The summed E-state index contributed by atoms with van der Waals surface area (Å²) in [5.74, 6) is 1.40. The molecule has 6 heteroatoms. The molecule has 1 heterocycles. The molecule has 2 rings (SSSR count). The van der Waals surface area contributed by atoms with Gasteiger partial charge in [0.15, 0.2) is 11.5 Å². The van der Waals surface area contributed by atoms with Crippen molar-refractivity contribution >= 4 is 22.7 Å². The van der Waals surface area contributed by atoms with Gasteiger partial charge in [-0.1, -0.05) is 6.08 Å². The van der Waals surface area contributed by atoms with Crippen LogP contribution in [0.3, 0.4) is 0 Å². The maximum absolute atomic E-state index is 13.3. The van der Waals surface area contributed by atoms with Crippen molar-refractivity contribution in [2.75, 3.05) is 27.1 Å². The van der Waals surface area contributed by atoms with Crippen LogP contribution < -0.4 is 14.2 Å². The first-order valence-corrected chi connectivity index (χ1v) is 7.89. The third kappa shape index (κ3) is 3.44. The van der Waals surface area contributed by atoms with E-state index >= 15 is 0 Å². The molecule has 1 aromatic heterocycles. The summed E-state index contributed by atoms with van der Waals surface area (Å²) in [7, 11) is 3.13. The number of aromatic nitrogens is 1. The van der Waals surface area contributed by atoms with E-state index in [2.05, 4.69) is 4.98 Å². The summed E-state index contributed by atoms with van der Waals surface area (Å²) in [6.07, 6.45) is 3.30. The molecule has 0 saturated heterocycles. The first-order chi connectivity index (χ1) is 10.6. The maximum Gasteiger partial charge on any atom is 0.162 e. The lowest BCUT2D eigenvalue weighted by Gasteiger charge is -2.13. The van der Waals surface area contributed by atoms with Gasteiger partial charge in [0.25, 0.3) is 0 Å². The van der Waals surface area contributed by atoms with Gasteiger partial charge < -0.3 is 14.2 Å². The summed E-state index contributed by atoms with van der Waals surface area (Å²) < 4.78 is 29.5. The van der Waals surface area contributed by atoms with E-state index in [1.165, 1.54) is 17.8 Å². The maximum atomic E-state index is 13.3. The molecule has 0 N–H and O–H groups in total. The first-order valence-electron chi connectivity index (χ1n) is 6.67. The fourth-order valence-electron chi connectivity index (χ4n) is 1.95. The van der Waals surface area contributed by atoms with Gasteiger partial charge in [-0.25, -0.2) is 9.37 Å². The quantitative estimate of drug-likeness (QED) is 0.744. The van der Waals surface area contributed by atoms with Crippen LogP contribution in [0.4, 0.5) is 4.39 Å². The third-order valence-corrected chi connectivity index (χ3v) is 3.77. The molecule has 1 aromatic carbocycles. The van der Waals surface area contributed by atoms with Crippen LogP contribution in [0.2, 0.25) is 0 Å². The molecule has 0 atom stereocenters. The molecule has 0 aliphatic carbocycles. The number of methoxy groups -OCH3 is 2. The minimum Gasteiger partial charge on any atom is -0.493 e. The van der Waals surface area contributed by atoms with Crippen molar-refractivity contribution < 1.29 is 18.6 Å². The predicted molar refractivity (Wildman–Crippen MR) is 87.0 cm³/mol. The van der Waals surface area contributed by atoms with Gasteiger partial charge in [-0.3, -0.25) is 0 Å². The zero-order valence-corrected chi connectivity index (χ0v) is 13.8. The van der Waals surface area contributed by atoms with E-state index in [1.807, 2.05) is 6.26 Å². The second kappa shape index (κ2) is 7.35. The summed E-state index contributed by atoms with van der Waals surface area (Å²) in [4.78, 5) is 4.52. The number of halogens is 1. The van der Waals surface area contributed by atoms with E-state index in [-0.39, 0.29) is 12.4 Å². The smallest absolute Gasteiger partial charge is 0.162 e. The van der Waals surface area contributed by atoms with Gasteiger partial charge in [0.1, 0.15) is 23.2 Å². The Balaban J connectivity index is 2.56. The number of hydrogen-bond acceptors (Lipinski definition) is 5. The largest absolute Gasteiger partial charge is 0.493 e. The van der Waals surface area contributed by atoms with Crippen LogP contribution in [0.25, 0.3) is 10.9 Å². The van der Waals surface area contributed by atoms with Crippen LogP contribution in [0, 0.1) is 0 Å². The predicted octanol–water partition coefficient (Wildman–Crippen LogP) is 4.23. The lowest BCUT2D eigenvalue weighted by molar-refractivity contribution is 0.320. The number of nitrogens with zero attached hydrogens (tertiary/aromatic N) is 1. The van der Waals surface area contributed by atoms with E-state index in [0.29, 0.717) is 22.8 Å². The summed E-state index contributed by atoms with van der Waals surface area (Å²) >= 11 is 1.49. The van der Waals surface area contributed by atoms with Gasteiger partial charge >= 0.3 is 0 Å². The minimum atomic E-state index is -0.323. The second-order valence-electron chi connectivity index (χ2n) is 4.41. The monoisotopic (exact) mass is 323 g/mol. The van der Waals surface area contributed by atoms with Crippen molar-refractivity contribution in [1.82, 2.24) is 4.98 Å². The molecule has 0 spiro atoms. The second-order valence-corrected chi connectivity index (χ2v) is 5.24. The fourth-order valence-corrected chi connectivity index (χ4v) is 2.37. The molecule has 118 valence electrons. The highest BCUT2D eigenvalue weighted by Crippen LogP contribution is 2.37. The van der Waals surface area contributed by atoms with E-state index in [9.17, 15) is 4.39 Å². The number of ether oxygens (including phenoxy) is 3. The van der Waals surface area contributed by atoms with Gasteiger partial charge in [-0.15, -0.1) is 11.8 Å². The van der Waals surface area contributed by atoms with Crippen molar-refractivity contribution in [2.24, 2.45) is 0 Å². The Kier molecular flexibility index (Phi) is 5.49. The molecule has 0 radical (unpaired) electrons. The summed E-state index contributed by atoms with van der Waals surface area (Å²) in [5.41, 5.74) is 0.709. The highest BCUT2D eigenvalue weighted by atomic mass is 32.2. The Labute approximate surface area is 133 Å². The number of benzene rings is 1. The number of thioether (sulfide) groups is 1. The van der Waals surface area contributed by atoms with Crippen molar-refractivity contribution in [2.45, 2.75) is 11.9 Å². The van der Waals surface area contributed by atoms with Crippen molar-refractivity contribution in [1.29, 1.82) is 0 Å². The van der Waals surface area contributed by atoms with Gasteiger partial charge in [-0.05, 0) is 19.2 Å². The van der Waals surface area contributed by atoms with Gasteiger partial charge in [0.05, 0.1) is 19.7 Å². The van der Waals surface area contributed by atoms with Crippen molar-refractivity contribution in [3.63, 3.8) is 0 Å². The molecule has 0 aliphatic heterocycles. The molecule has 2 aromatic rings. The fraction of sp³-hybridized carbons (Fsp3) is 0.312. The zero-order valence-electron chi connectivity index (χ0n) is 13.0. The van der Waals surface area contributed by atoms with E-state index in [4.69, 9.17) is 14.2 Å². The number of rotatable bonds is 6. The highest BCUT2D eigenvalue weighted by molar-refractivity contribution is 7.98. The molecule has 0 bridgehead atoms. The highest BCUT2D eigenvalue weighted by Gasteiger charge is 2.13. The van der Waals surface area contributed by atoms with Crippen LogP contribution in [0.15, 0.2) is 35.1 Å². The number of hydrogen-bond donors (Lipinski definition) is 0. The number of allylic oxidation sites excluding steroid dienone is 1. The van der Waals surface area contributed by atoms with Crippen LogP contribution in [-0.4, -0.2) is 32.1 Å². The van der Waals surface area contributed by atoms with E-state index in [0.717, 1.165) is 10.4 Å². The van der Waals surface area contributed by atoms with Gasteiger partial charge in [0.2, 0.25) is 0 Å². The third-order valence-electron chi connectivity index (χ3n) is 3.14. The molecule has 0 amide bonds. The molecule has 0 saturated carbocycles. The molecule has 0 aliphatic rings. The average molecular weight is 323 g/mol. The first kappa shape index (κ1) is 16.4. The molecule has 4 nitrogen and oxygen atoms in total. The van der Waals surface area contributed by atoms with Gasteiger partial charge in [-0.2, -0.15) is 0 Å². The van der Waals surface area contributed by atoms with Crippen LogP contribution in [0.5, 0.6) is 17.2 Å². The van der Waals surface area contributed by atoms with Crippen LogP contribution in [0.1, 0.15) is 6.92 Å². The zero-order chi connectivity index (χ0) is 16.1. The topological polar surface area (TPSA) is 40.6 Å². The Morgan fingerprint density at radius 2 is 1.86 bits per heavy atom. The van der Waals surface area contributed by atoms with Crippen molar-refractivity contribution in [3.05, 3.63) is 30.1 Å². The summed E-state index contributed by atoms with van der Waals surface area (Å²) in [5, 5.41) is 1.54. The summed E-state index contributed by atoms with van der Waals surface area (Å²) in [6, 6.07) is 5.36. The standard InChI is InChI=1S/C16H18FNO3S/c1-5-10(17)9-21-13-8-16(22-4)18-12-7-15(20-3)14(19-2)6-11(12)13/h5-8H,9H2,1-4H3/b10-5+. The van der Waals surface area contributed by atoms with Crippen LogP contribution in [-0.2, 0) is 0 Å². The SMILES string of the molecule is C/C=C(/F)COc1cc(SC)nc2cc(OC)c(OC)cc12. The molecular weight excluding hydrogens is 305 g/mol. The minimum absolute atomic E-state index is 0.113. The number of fused-ring (bicyclic) bond motifs is 1. The summed E-state index contributed by atoms with van der Waals surface area (Å²) in [6.45, 7) is 1.52. The lowest BCUT2D eigenvalue weighted by Crippen LogP contribution is -2.00. The van der Waals surface area contributed by atoms with E-state index < -0.39 is 0 Å². The lowest BCUT2D eigenvalue weighted by atomic mass is 10.2. The molecule has 22 heavy (non-hydrogen) atoms. The number of pyridine rings is 1. The van der Waals surface area contributed by atoms with E-state index in [1.54, 1.807) is 39.3 Å². The normalized spacial score (nSPS) is 11.6.